The molecule has 0 spiro atoms. The minimum absolute atomic E-state index is 0.251. The Bertz CT molecular complexity index is 960. The van der Waals surface area contributed by atoms with Gasteiger partial charge in [-0.1, -0.05) is 60.1 Å². The Morgan fingerprint density at radius 2 is 1.80 bits per heavy atom. The number of halogens is 1. The Morgan fingerprint density at radius 1 is 1.08 bits per heavy atom. The number of nitrogens with zero attached hydrogens (tertiary/aromatic N) is 1. The van der Waals surface area contributed by atoms with E-state index in [4.69, 9.17) is 0 Å². The first-order chi connectivity index (χ1) is 11.9. The first kappa shape index (κ1) is 17.4. The molecule has 0 aliphatic heterocycles. The summed E-state index contributed by atoms with van der Waals surface area (Å²) < 4.78 is 0.831. The first-order valence-electron chi connectivity index (χ1n) is 8.05. The number of rotatable bonds is 4. The summed E-state index contributed by atoms with van der Waals surface area (Å²) in [5, 5.41) is 10.1. The summed E-state index contributed by atoms with van der Waals surface area (Å²) in [4.78, 5) is 16.1. The molecule has 4 heteroatoms. The maximum Gasteiger partial charge on any atom is 0.336 e. The molecule has 0 saturated carbocycles. The first-order valence-corrected chi connectivity index (χ1v) is 8.85. The van der Waals surface area contributed by atoms with Crippen LogP contribution >= 0.6 is 15.9 Å². The zero-order valence-corrected chi connectivity index (χ0v) is 15.6. The monoisotopic (exact) mass is 395 g/mol. The summed E-state index contributed by atoms with van der Waals surface area (Å²) in [5.74, 6) is -0.459. The number of pyridine rings is 1. The van der Waals surface area contributed by atoms with Crippen molar-refractivity contribution >= 4 is 45.0 Å². The van der Waals surface area contributed by atoms with Crippen LogP contribution in [0.4, 0.5) is 0 Å². The molecule has 3 aromatic rings. The van der Waals surface area contributed by atoms with Gasteiger partial charge in [-0.05, 0) is 47.4 Å². The van der Waals surface area contributed by atoms with E-state index < -0.39 is 5.97 Å². The fourth-order valence-corrected chi connectivity index (χ4v) is 3.02. The molecule has 0 fully saturated rings. The summed E-state index contributed by atoms with van der Waals surface area (Å²) >= 11 is 3.38. The van der Waals surface area contributed by atoms with E-state index in [1.807, 2.05) is 24.3 Å². The van der Waals surface area contributed by atoms with Crippen LogP contribution in [-0.2, 0) is 0 Å². The standard InChI is InChI=1S/C21H18BrNO2/c1-13(2)15-6-3-14(4-7-15)5-9-17-12-19(21(24)25)18-11-16(22)8-10-20(18)23-17/h3-13H,1-2H3,(H,24,25). The van der Waals surface area contributed by atoms with Crippen molar-refractivity contribution in [3.63, 3.8) is 0 Å². The number of aromatic nitrogens is 1. The van der Waals surface area contributed by atoms with Crippen LogP contribution in [0.2, 0.25) is 0 Å². The summed E-state index contributed by atoms with van der Waals surface area (Å²) in [6.07, 6.45) is 3.79. The van der Waals surface area contributed by atoms with Crippen LogP contribution in [0, 0.1) is 0 Å². The molecule has 1 heterocycles. The molecule has 0 atom stereocenters. The zero-order valence-electron chi connectivity index (χ0n) is 14.0. The largest absolute Gasteiger partial charge is 0.478 e. The average Bonchev–Trinajstić information content (AvgIpc) is 2.59. The van der Waals surface area contributed by atoms with Crippen LogP contribution in [0.25, 0.3) is 23.1 Å². The van der Waals surface area contributed by atoms with Crippen molar-refractivity contribution in [1.82, 2.24) is 4.98 Å². The van der Waals surface area contributed by atoms with Gasteiger partial charge in [-0.25, -0.2) is 9.78 Å². The lowest BCUT2D eigenvalue weighted by atomic mass is 10.0. The summed E-state index contributed by atoms with van der Waals surface area (Å²) in [5.41, 5.74) is 3.89. The van der Waals surface area contributed by atoms with E-state index in [0.717, 1.165) is 10.0 Å². The molecule has 0 saturated heterocycles. The maximum absolute atomic E-state index is 11.6. The van der Waals surface area contributed by atoms with Gasteiger partial charge in [-0.2, -0.15) is 0 Å². The van der Waals surface area contributed by atoms with Crippen LogP contribution in [0.15, 0.2) is 53.0 Å². The molecule has 3 nitrogen and oxygen atoms in total. The number of carboxylic acids is 1. The Morgan fingerprint density at radius 3 is 2.44 bits per heavy atom. The highest BCUT2D eigenvalue weighted by Gasteiger charge is 2.11. The van der Waals surface area contributed by atoms with Crippen LogP contribution in [0.3, 0.4) is 0 Å². The van der Waals surface area contributed by atoms with Crippen molar-refractivity contribution in [2.45, 2.75) is 19.8 Å². The van der Waals surface area contributed by atoms with Gasteiger partial charge in [0.1, 0.15) is 0 Å². The third-order valence-corrected chi connectivity index (χ3v) is 4.56. The normalized spacial score (nSPS) is 11.5. The zero-order chi connectivity index (χ0) is 18.0. The van der Waals surface area contributed by atoms with Gasteiger partial charge in [-0.15, -0.1) is 0 Å². The Labute approximate surface area is 155 Å². The molecule has 0 aliphatic carbocycles. The maximum atomic E-state index is 11.6. The van der Waals surface area contributed by atoms with Crippen LogP contribution in [0.1, 0.15) is 46.9 Å². The van der Waals surface area contributed by atoms with Crippen molar-refractivity contribution in [3.05, 3.63) is 75.4 Å². The van der Waals surface area contributed by atoms with Crippen molar-refractivity contribution in [1.29, 1.82) is 0 Å². The molecule has 0 amide bonds. The molecule has 0 bridgehead atoms. The smallest absolute Gasteiger partial charge is 0.336 e. The second kappa shape index (κ2) is 7.19. The number of benzene rings is 2. The minimum Gasteiger partial charge on any atom is -0.478 e. The van der Waals surface area contributed by atoms with E-state index in [1.54, 1.807) is 12.1 Å². The Kier molecular flexibility index (Phi) is 5.00. The Hall–Kier alpha value is -2.46. The molecule has 3 rings (SSSR count). The lowest BCUT2D eigenvalue weighted by molar-refractivity contribution is 0.0699. The molecule has 1 aromatic heterocycles. The molecule has 126 valence electrons. The quantitative estimate of drug-likeness (QED) is 0.589. The second-order valence-corrected chi connectivity index (χ2v) is 7.13. The molecular weight excluding hydrogens is 378 g/mol. The number of hydrogen-bond donors (Lipinski definition) is 1. The molecule has 0 unspecified atom stereocenters. The lowest BCUT2D eigenvalue weighted by Crippen LogP contribution is -2.00. The van der Waals surface area contributed by atoms with Gasteiger partial charge < -0.3 is 5.11 Å². The lowest BCUT2D eigenvalue weighted by Gasteiger charge is -2.06. The van der Waals surface area contributed by atoms with E-state index in [2.05, 4.69) is 59.0 Å². The topological polar surface area (TPSA) is 50.2 Å². The SMILES string of the molecule is CC(C)c1ccc(C=Cc2cc(C(=O)O)c3cc(Br)ccc3n2)cc1. The highest BCUT2D eigenvalue weighted by Crippen LogP contribution is 2.24. The van der Waals surface area contributed by atoms with Gasteiger partial charge in [0, 0.05) is 9.86 Å². The van der Waals surface area contributed by atoms with E-state index in [9.17, 15) is 9.90 Å². The van der Waals surface area contributed by atoms with Crippen LogP contribution in [0.5, 0.6) is 0 Å². The van der Waals surface area contributed by atoms with E-state index in [-0.39, 0.29) is 5.56 Å². The minimum atomic E-state index is -0.957. The van der Waals surface area contributed by atoms with Gasteiger partial charge >= 0.3 is 5.97 Å². The van der Waals surface area contributed by atoms with Crippen molar-refractivity contribution < 1.29 is 9.90 Å². The Balaban J connectivity index is 1.98. The third-order valence-electron chi connectivity index (χ3n) is 4.07. The summed E-state index contributed by atoms with van der Waals surface area (Å²) in [6, 6.07) is 15.4. The fraction of sp³-hybridized carbons (Fsp3) is 0.143. The molecule has 2 aromatic carbocycles. The summed E-state index contributed by atoms with van der Waals surface area (Å²) in [6.45, 7) is 4.32. The average molecular weight is 396 g/mol. The highest BCUT2D eigenvalue weighted by atomic mass is 79.9. The number of fused-ring (bicyclic) bond motifs is 1. The highest BCUT2D eigenvalue weighted by molar-refractivity contribution is 9.10. The van der Waals surface area contributed by atoms with Gasteiger partial charge in [-0.3, -0.25) is 0 Å². The van der Waals surface area contributed by atoms with Gasteiger partial charge in [0.2, 0.25) is 0 Å². The van der Waals surface area contributed by atoms with Gasteiger partial charge in [0.25, 0.3) is 0 Å². The van der Waals surface area contributed by atoms with Crippen LogP contribution in [-0.4, -0.2) is 16.1 Å². The third kappa shape index (κ3) is 3.97. The molecule has 0 radical (unpaired) electrons. The van der Waals surface area contributed by atoms with Crippen LogP contribution < -0.4 is 0 Å². The predicted molar refractivity (Wildman–Crippen MR) is 106 cm³/mol. The van der Waals surface area contributed by atoms with Crippen molar-refractivity contribution in [2.75, 3.05) is 0 Å². The van der Waals surface area contributed by atoms with Gasteiger partial charge in [0.15, 0.2) is 0 Å². The predicted octanol–water partition coefficient (Wildman–Crippen LogP) is 5.99. The fourth-order valence-electron chi connectivity index (χ4n) is 2.65. The molecule has 25 heavy (non-hydrogen) atoms. The van der Waals surface area contributed by atoms with Crippen molar-refractivity contribution in [2.24, 2.45) is 0 Å². The number of hydrogen-bond acceptors (Lipinski definition) is 2. The number of aromatic carboxylic acids is 1. The molecule has 0 aliphatic rings. The number of carbonyl (C=O) groups is 1. The van der Waals surface area contributed by atoms with Crippen molar-refractivity contribution in [3.8, 4) is 0 Å². The van der Waals surface area contributed by atoms with E-state index in [0.29, 0.717) is 22.5 Å². The molecule has 1 N–H and O–H groups in total. The molecular formula is C21H18BrNO2. The van der Waals surface area contributed by atoms with E-state index in [1.165, 1.54) is 5.56 Å². The number of carboxylic acid groups (broad SMARTS) is 1. The van der Waals surface area contributed by atoms with Gasteiger partial charge in [0.05, 0.1) is 16.8 Å². The second-order valence-electron chi connectivity index (χ2n) is 6.22. The summed E-state index contributed by atoms with van der Waals surface area (Å²) in [7, 11) is 0. The van der Waals surface area contributed by atoms with E-state index >= 15 is 0 Å².